The molecule has 2 aromatic heterocycles. The van der Waals surface area contributed by atoms with Gasteiger partial charge in [0.25, 0.3) is 0 Å². The maximum atomic E-state index is 2.49. The van der Waals surface area contributed by atoms with Crippen LogP contribution in [0, 0.1) is 0 Å². The average molecular weight is 745 g/mol. The molecule has 268 valence electrons. The van der Waals surface area contributed by atoms with Crippen molar-refractivity contribution < 1.29 is 0 Å². The first-order valence-corrected chi connectivity index (χ1v) is 20.3. The number of hydrogen-bond donors (Lipinski definition) is 0. The molecule has 11 rings (SSSR count). The second-order valence-electron chi connectivity index (χ2n) is 14.5. The molecule has 9 aromatic carbocycles. The van der Waals surface area contributed by atoms with Gasteiger partial charge in [0, 0.05) is 53.4 Å². The van der Waals surface area contributed by atoms with Gasteiger partial charge in [0.15, 0.2) is 0 Å². The zero-order valence-electron chi connectivity index (χ0n) is 31.1. The molecular weight excluding hydrogens is 709 g/mol. The quantitative estimate of drug-likeness (QED) is 0.158. The van der Waals surface area contributed by atoms with Gasteiger partial charge in [0.05, 0.1) is 22.4 Å². The summed E-state index contributed by atoms with van der Waals surface area (Å²) in [6, 6.07) is 79.4. The van der Waals surface area contributed by atoms with Gasteiger partial charge >= 0.3 is 0 Å². The summed E-state index contributed by atoms with van der Waals surface area (Å²) >= 11 is 1.88. The van der Waals surface area contributed by atoms with Gasteiger partial charge in [-0.25, -0.2) is 0 Å². The van der Waals surface area contributed by atoms with E-state index in [0.717, 1.165) is 22.7 Å². The third-order valence-corrected chi connectivity index (χ3v) is 12.4. The van der Waals surface area contributed by atoms with E-state index < -0.39 is 0 Å². The molecule has 2 heterocycles. The summed E-state index contributed by atoms with van der Waals surface area (Å²) in [7, 11) is 0. The van der Waals surface area contributed by atoms with Gasteiger partial charge in [0.1, 0.15) is 0 Å². The molecule has 0 aliphatic heterocycles. The van der Waals surface area contributed by atoms with Gasteiger partial charge in [-0.2, -0.15) is 0 Å². The third-order valence-electron chi connectivity index (χ3n) is 11.2. The van der Waals surface area contributed by atoms with Crippen LogP contribution in [0.5, 0.6) is 0 Å². The summed E-state index contributed by atoms with van der Waals surface area (Å²) in [6.45, 7) is 0. The van der Waals surface area contributed by atoms with Crippen LogP contribution in [-0.4, -0.2) is 4.57 Å². The van der Waals surface area contributed by atoms with Crippen molar-refractivity contribution in [2.24, 2.45) is 0 Å². The van der Waals surface area contributed by atoms with E-state index in [1.807, 2.05) is 11.3 Å². The average Bonchev–Trinajstić information content (AvgIpc) is 3.84. The topological polar surface area (TPSA) is 8.17 Å². The fraction of sp³-hybridized carbons (Fsp3) is 0. The number of benzene rings is 9. The SMILES string of the molecule is c1ccc(-c2cc(N(c3ccccc3-c3ccccc3)c3cccc4c3c3ccccc3n4-c3ccccc3)ccc2-c2cccc3c2sc2ccccc23)cc1. The molecule has 0 aliphatic carbocycles. The first-order chi connectivity index (χ1) is 28.3. The van der Waals surface area contributed by atoms with Gasteiger partial charge in [-0.15, -0.1) is 11.3 Å². The number of aromatic nitrogens is 1. The third kappa shape index (κ3) is 5.55. The first-order valence-electron chi connectivity index (χ1n) is 19.4. The van der Waals surface area contributed by atoms with Crippen LogP contribution in [0.1, 0.15) is 0 Å². The number of nitrogens with zero attached hydrogens (tertiary/aromatic N) is 2. The van der Waals surface area contributed by atoms with Crippen molar-refractivity contribution in [2.45, 2.75) is 0 Å². The Balaban J connectivity index is 1.22. The summed E-state index contributed by atoms with van der Waals surface area (Å²) in [5, 5.41) is 5.03. The normalized spacial score (nSPS) is 11.5. The Morgan fingerprint density at radius 1 is 0.368 bits per heavy atom. The number of fused-ring (bicyclic) bond motifs is 6. The van der Waals surface area contributed by atoms with E-state index >= 15 is 0 Å². The molecule has 0 fully saturated rings. The molecule has 0 unspecified atom stereocenters. The summed E-state index contributed by atoms with van der Waals surface area (Å²) in [5.41, 5.74) is 14.0. The van der Waals surface area contributed by atoms with Crippen molar-refractivity contribution in [3.63, 3.8) is 0 Å². The Morgan fingerprint density at radius 3 is 1.75 bits per heavy atom. The molecule has 0 saturated carbocycles. The molecule has 11 aromatic rings. The smallest absolute Gasteiger partial charge is 0.0562 e. The fourth-order valence-corrected chi connectivity index (χ4v) is 9.93. The lowest BCUT2D eigenvalue weighted by Crippen LogP contribution is -2.12. The molecule has 3 heteroatoms. The molecule has 0 atom stereocenters. The number of thiophene rings is 1. The molecule has 0 aliphatic rings. The Bertz CT molecular complexity index is 3230. The first kappa shape index (κ1) is 33.2. The number of para-hydroxylation sites is 3. The molecule has 0 amide bonds. The Kier molecular flexibility index (Phi) is 8.04. The molecule has 0 saturated heterocycles. The molecular formula is C54H36N2S. The van der Waals surface area contributed by atoms with E-state index in [1.165, 1.54) is 75.4 Å². The van der Waals surface area contributed by atoms with Crippen LogP contribution < -0.4 is 4.90 Å². The summed E-state index contributed by atoms with van der Waals surface area (Å²) in [5.74, 6) is 0. The van der Waals surface area contributed by atoms with Gasteiger partial charge in [-0.05, 0) is 76.9 Å². The van der Waals surface area contributed by atoms with Crippen molar-refractivity contribution in [3.05, 3.63) is 218 Å². The maximum absolute atomic E-state index is 2.49. The van der Waals surface area contributed by atoms with Crippen molar-refractivity contribution in [1.29, 1.82) is 0 Å². The van der Waals surface area contributed by atoms with Crippen LogP contribution in [0.2, 0.25) is 0 Å². The number of hydrogen-bond acceptors (Lipinski definition) is 2. The standard InChI is InChI=1S/C54H36N2S/c1-4-18-37(19-5-1)41-24-10-13-29-48(41)56(51-32-17-31-50-53(51)46-26-11-14-30-49(46)55(50)39-22-8-3-9-23-39)40-34-35-42(47(36-40)38-20-6-2-7-21-38)44-27-16-28-45-43-25-12-15-33-52(43)57-54(44)45/h1-36H. The predicted octanol–water partition coefficient (Wildman–Crippen LogP) is 15.6. The minimum absolute atomic E-state index is 1.09. The van der Waals surface area contributed by atoms with Crippen LogP contribution >= 0.6 is 11.3 Å². The van der Waals surface area contributed by atoms with E-state index in [4.69, 9.17) is 0 Å². The highest BCUT2D eigenvalue weighted by atomic mass is 32.1. The van der Waals surface area contributed by atoms with Crippen molar-refractivity contribution in [1.82, 2.24) is 4.57 Å². The molecule has 0 spiro atoms. The van der Waals surface area contributed by atoms with Gasteiger partial charge in [-0.3, -0.25) is 0 Å². The molecule has 2 nitrogen and oxygen atoms in total. The van der Waals surface area contributed by atoms with Crippen molar-refractivity contribution in [2.75, 3.05) is 4.90 Å². The molecule has 0 bridgehead atoms. The van der Waals surface area contributed by atoms with Gasteiger partial charge in [0.2, 0.25) is 0 Å². The second kappa shape index (κ2) is 13.8. The van der Waals surface area contributed by atoms with E-state index in [-0.39, 0.29) is 0 Å². The molecule has 0 radical (unpaired) electrons. The zero-order valence-corrected chi connectivity index (χ0v) is 31.9. The van der Waals surface area contributed by atoms with E-state index in [9.17, 15) is 0 Å². The Labute approximate surface area is 335 Å². The van der Waals surface area contributed by atoms with E-state index in [2.05, 4.69) is 228 Å². The van der Waals surface area contributed by atoms with Crippen molar-refractivity contribution in [3.8, 4) is 39.1 Å². The van der Waals surface area contributed by atoms with Crippen LogP contribution in [0.3, 0.4) is 0 Å². The highest BCUT2D eigenvalue weighted by molar-refractivity contribution is 7.26. The molecule has 0 N–H and O–H groups in total. The summed E-state index contributed by atoms with van der Waals surface area (Å²) < 4.78 is 5.03. The highest BCUT2D eigenvalue weighted by Crippen LogP contribution is 2.49. The lowest BCUT2D eigenvalue weighted by atomic mass is 9.92. The minimum atomic E-state index is 1.09. The highest BCUT2D eigenvalue weighted by Gasteiger charge is 2.24. The summed E-state index contributed by atoms with van der Waals surface area (Å²) in [6.07, 6.45) is 0. The Hall–Kier alpha value is -7.20. The van der Waals surface area contributed by atoms with Crippen molar-refractivity contribution >= 4 is 70.4 Å². The lowest BCUT2D eigenvalue weighted by molar-refractivity contribution is 1.18. The minimum Gasteiger partial charge on any atom is -0.309 e. The number of anilines is 3. The maximum Gasteiger partial charge on any atom is 0.0562 e. The lowest BCUT2D eigenvalue weighted by Gasteiger charge is -2.29. The van der Waals surface area contributed by atoms with Crippen LogP contribution in [0.4, 0.5) is 17.1 Å². The molecule has 57 heavy (non-hydrogen) atoms. The van der Waals surface area contributed by atoms with Crippen LogP contribution in [0.15, 0.2) is 218 Å². The van der Waals surface area contributed by atoms with E-state index in [0.29, 0.717) is 0 Å². The second-order valence-corrected chi connectivity index (χ2v) is 15.5. The van der Waals surface area contributed by atoms with Gasteiger partial charge in [-0.1, -0.05) is 164 Å². The summed E-state index contributed by atoms with van der Waals surface area (Å²) in [4.78, 5) is 2.49. The zero-order chi connectivity index (χ0) is 37.7. The Morgan fingerprint density at radius 2 is 0.947 bits per heavy atom. The van der Waals surface area contributed by atoms with Crippen LogP contribution in [0.25, 0.3) is 81.0 Å². The monoisotopic (exact) mass is 744 g/mol. The largest absolute Gasteiger partial charge is 0.309 e. The van der Waals surface area contributed by atoms with Crippen LogP contribution in [-0.2, 0) is 0 Å². The predicted molar refractivity (Wildman–Crippen MR) is 245 cm³/mol. The van der Waals surface area contributed by atoms with Gasteiger partial charge < -0.3 is 9.47 Å². The fourth-order valence-electron chi connectivity index (χ4n) is 8.70. The van der Waals surface area contributed by atoms with E-state index in [1.54, 1.807) is 0 Å². The number of rotatable bonds is 7.